The zero-order chi connectivity index (χ0) is 27.6. The van der Waals surface area contributed by atoms with Crippen molar-refractivity contribution in [1.82, 2.24) is 24.9 Å². The van der Waals surface area contributed by atoms with Crippen LogP contribution >= 0.6 is 0 Å². The summed E-state index contributed by atoms with van der Waals surface area (Å²) in [6.07, 6.45) is 1.63. The predicted molar refractivity (Wildman–Crippen MR) is 134 cm³/mol. The molecule has 2 aromatic carbocycles. The van der Waals surface area contributed by atoms with E-state index in [1.807, 2.05) is 19.9 Å². The van der Waals surface area contributed by atoms with Crippen molar-refractivity contribution in [2.45, 2.75) is 32.7 Å². The minimum absolute atomic E-state index is 0.149. The number of carboxylic acids is 1. The number of aryl methyl sites for hydroxylation is 3. The molecule has 9 nitrogen and oxygen atoms in total. The van der Waals surface area contributed by atoms with Crippen LogP contribution in [0.3, 0.4) is 0 Å². The molecule has 4 aromatic rings. The number of carbonyl (C=O) groups is 2. The van der Waals surface area contributed by atoms with Gasteiger partial charge in [-0.25, -0.2) is 22.9 Å². The van der Waals surface area contributed by atoms with Gasteiger partial charge < -0.3 is 10.4 Å². The quantitative estimate of drug-likeness (QED) is 0.368. The van der Waals surface area contributed by atoms with E-state index in [2.05, 4.69) is 15.5 Å². The Hall–Kier alpha value is -4.67. The summed E-state index contributed by atoms with van der Waals surface area (Å²) < 4.78 is 30.9. The average Bonchev–Trinajstić information content (AvgIpc) is 3.19. The number of nitrogens with zero attached hydrogens (tertiary/aromatic N) is 4. The lowest BCUT2D eigenvalue weighted by atomic mass is 9.99. The largest absolute Gasteiger partial charge is 0.480 e. The van der Waals surface area contributed by atoms with Gasteiger partial charge in [-0.15, -0.1) is 0 Å². The molecule has 1 amide bonds. The van der Waals surface area contributed by atoms with Crippen LogP contribution in [0.5, 0.6) is 0 Å². The minimum atomic E-state index is -1.45. The lowest BCUT2D eigenvalue weighted by Crippen LogP contribution is -2.43. The van der Waals surface area contributed by atoms with Crippen molar-refractivity contribution in [3.63, 3.8) is 0 Å². The molecule has 0 spiro atoms. The number of benzene rings is 2. The number of rotatable bonds is 8. The summed E-state index contributed by atoms with van der Waals surface area (Å²) in [5.74, 6) is -4.72. The number of carboxylic acid groups (broad SMARTS) is 1. The van der Waals surface area contributed by atoms with Gasteiger partial charge in [0.15, 0.2) is 0 Å². The summed E-state index contributed by atoms with van der Waals surface area (Å²) in [5.41, 5.74) is 2.70. The molecule has 1 unspecified atom stereocenters. The SMILES string of the molecule is Cc1cc(C)n(-c2cnn(C)c(=O)c2Cc2cccc(CC(NC(=O)c3c(F)cccc3F)C(=O)O)c2)n1. The maximum Gasteiger partial charge on any atom is 0.326 e. The first kappa shape index (κ1) is 26.4. The fourth-order valence-electron chi connectivity index (χ4n) is 4.25. The summed E-state index contributed by atoms with van der Waals surface area (Å²) in [7, 11) is 1.55. The summed E-state index contributed by atoms with van der Waals surface area (Å²) >= 11 is 0. The monoisotopic (exact) mass is 521 g/mol. The number of carbonyl (C=O) groups excluding carboxylic acids is 1. The van der Waals surface area contributed by atoms with E-state index in [-0.39, 0.29) is 18.4 Å². The average molecular weight is 522 g/mol. The van der Waals surface area contributed by atoms with E-state index in [9.17, 15) is 28.3 Å². The Morgan fingerprint density at radius 2 is 1.71 bits per heavy atom. The molecule has 11 heteroatoms. The third-order valence-electron chi connectivity index (χ3n) is 6.06. The van der Waals surface area contributed by atoms with Crippen molar-refractivity contribution >= 4 is 11.9 Å². The first-order chi connectivity index (χ1) is 18.0. The molecule has 0 aliphatic carbocycles. The number of aromatic nitrogens is 4. The van der Waals surface area contributed by atoms with Crippen LogP contribution in [0.4, 0.5) is 8.78 Å². The predicted octanol–water partition coefficient (Wildman–Crippen LogP) is 2.88. The molecule has 0 radical (unpaired) electrons. The highest BCUT2D eigenvalue weighted by Gasteiger charge is 2.25. The Morgan fingerprint density at radius 3 is 2.34 bits per heavy atom. The maximum absolute atomic E-state index is 14.0. The molecule has 2 aromatic heterocycles. The van der Waals surface area contributed by atoms with Crippen molar-refractivity contribution in [3.05, 3.63) is 110 Å². The molecular weight excluding hydrogens is 496 g/mol. The summed E-state index contributed by atoms with van der Waals surface area (Å²) in [6.45, 7) is 3.72. The molecule has 0 fully saturated rings. The molecule has 0 aliphatic rings. The van der Waals surface area contributed by atoms with Gasteiger partial charge in [-0.3, -0.25) is 9.59 Å². The fraction of sp³-hybridized carbons (Fsp3) is 0.222. The van der Waals surface area contributed by atoms with Crippen LogP contribution in [-0.4, -0.2) is 42.6 Å². The van der Waals surface area contributed by atoms with Crippen LogP contribution in [0.2, 0.25) is 0 Å². The molecule has 2 N–H and O–H groups in total. The molecule has 0 bridgehead atoms. The van der Waals surface area contributed by atoms with E-state index >= 15 is 0 Å². The lowest BCUT2D eigenvalue weighted by Gasteiger charge is -2.16. The molecule has 38 heavy (non-hydrogen) atoms. The number of hydrogen-bond donors (Lipinski definition) is 2. The molecule has 0 aliphatic heterocycles. The zero-order valence-electron chi connectivity index (χ0n) is 20.9. The van der Waals surface area contributed by atoms with E-state index in [0.717, 1.165) is 29.6 Å². The van der Waals surface area contributed by atoms with Crippen LogP contribution in [-0.2, 0) is 24.7 Å². The van der Waals surface area contributed by atoms with Gasteiger partial charge in [-0.1, -0.05) is 30.3 Å². The van der Waals surface area contributed by atoms with E-state index in [0.29, 0.717) is 22.4 Å². The van der Waals surface area contributed by atoms with Gasteiger partial charge in [0, 0.05) is 25.6 Å². The second-order valence-electron chi connectivity index (χ2n) is 8.94. The van der Waals surface area contributed by atoms with E-state index in [4.69, 9.17) is 0 Å². The lowest BCUT2D eigenvalue weighted by molar-refractivity contribution is -0.139. The number of hydrogen-bond acceptors (Lipinski definition) is 5. The summed E-state index contributed by atoms with van der Waals surface area (Å²) in [4.78, 5) is 37.4. The van der Waals surface area contributed by atoms with Gasteiger partial charge in [-0.2, -0.15) is 10.2 Å². The van der Waals surface area contributed by atoms with Crippen LogP contribution in [0, 0.1) is 25.5 Å². The Balaban J connectivity index is 1.61. The van der Waals surface area contributed by atoms with Crippen LogP contribution < -0.4 is 10.9 Å². The Kier molecular flexibility index (Phi) is 7.47. The van der Waals surface area contributed by atoms with Gasteiger partial charge in [-0.05, 0) is 43.2 Å². The zero-order valence-corrected chi connectivity index (χ0v) is 20.9. The van der Waals surface area contributed by atoms with Crippen molar-refractivity contribution < 1.29 is 23.5 Å². The Bertz CT molecular complexity index is 1570. The first-order valence-electron chi connectivity index (χ1n) is 11.7. The smallest absolute Gasteiger partial charge is 0.326 e. The molecule has 196 valence electrons. The number of halogens is 2. The molecule has 0 saturated heterocycles. The highest BCUT2D eigenvalue weighted by Crippen LogP contribution is 2.19. The van der Waals surface area contributed by atoms with E-state index < -0.39 is 35.1 Å². The van der Waals surface area contributed by atoms with E-state index in [1.54, 1.807) is 42.2 Å². The van der Waals surface area contributed by atoms with Crippen molar-refractivity contribution in [1.29, 1.82) is 0 Å². The highest BCUT2D eigenvalue weighted by molar-refractivity contribution is 5.97. The van der Waals surface area contributed by atoms with Crippen LogP contribution in [0.25, 0.3) is 5.69 Å². The van der Waals surface area contributed by atoms with Crippen molar-refractivity contribution in [3.8, 4) is 5.69 Å². The van der Waals surface area contributed by atoms with Gasteiger partial charge in [0.25, 0.3) is 11.5 Å². The van der Waals surface area contributed by atoms with Crippen LogP contribution in [0.15, 0.2) is 59.5 Å². The Labute approximate surface area is 216 Å². The minimum Gasteiger partial charge on any atom is -0.480 e. The van der Waals surface area contributed by atoms with Gasteiger partial charge in [0.05, 0.1) is 23.1 Å². The molecule has 0 saturated carbocycles. The summed E-state index contributed by atoms with van der Waals surface area (Å²) in [6, 6.07) is 10.3. The van der Waals surface area contributed by atoms with Gasteiger partial charge in [0.1, 0.15) is 23.2 Å². The molecule has 4 rings (SSSR count). The third kappa shape index (κ3) is 5.51. The second-order valence-corrected chi connectivity index (χ2v) is 8.94. The van der Waals surface area contributed by atoms with Gasteiger partial charge in [0.2, 0.25) is 0 Å². The second kappa shape index (κ2) is 10.8. The van der Waals surface area contributed by atoms with Gasteiger partial charge >= 0.3 is 5.97 Å². The van der Waals surface area contributed by atoms with Crippen LogP contribution in [0.1, 0.15) is 38.4 Å². The first-order valence-corrected chi connectivity index (χ1v) is 11.7. The number of amides is 1. The molecular formula is C27H25F2N5O4. The standard InChI is InChI=1S/C27H25F2N5O4/c1-15-10-16(2)34(32-15)23-14-30-33(3)26(36)19(23)12-17-6-4-7-18(11-17)13-22(27(37)38)31-25(35)24-20(28)8-5-9-21(24)29/h4-11,14,22H,12-13H2,1-3H3,(H,31,35)(H,37,38). The highest BCUT2D eigenvalue weighted by atomic mass is 19.1. The topological polar surface area (TPSA) is 119 Å². The third-order valence-corrected chi connectivity index (χ3v) is 6.06. The molecule has 2 heterocycles. The van der Waals surface area contributed by atoms with Crippen molar-refractivity contribution in [2.75, 3.05) is 0 Å². The maximum atomic E-state index is 14.0. The number of aliphatic carboxylic acids is 1. The fourth-order valence-corrected chi connectivity index (χ4v) is 4.25. The number of nitrogens with one attached hydrogen (secondary N) is 1. The normalized spacial score (nSPS) is 11.8. The van der Waals surface area contributed by atoms with E-state index in [1.165, 1.54) is 4.68 Å². The molecule has 1 atom stereocenters. The van der Waals surface area contributed by atoms with Crippen molar-refractivity contribution in [2.24, 2.45) is 7.05 Å². The Morgan fingerprint density at radius 1 is 1.05 bits per heavy atom. The summed E-state index contributed by atoms with van der Waals surface area (Å²) in [5, 5.41) is 20.5.